The van der Waals surface area contributed by atoms with Gasteiger partial charge in [-0.3, -0.25) is 9.59 Å². The smallest absolute Gasteiger partial charge is 0.220 e. The predicted octanol–water partition coefficient (Wildman–Crippen LogP) is 3.43. The van der Waals surface area contributed by atoms with Crippen LogP contribution in [0.2, 0.25) is 0 Å². The number of para-hydroxylation sites is 1. The van der Waals surface area contributed by atoms with E-state index in [9.17, 15) is 14.0 Å². The molecular formula is C19H18FNO3. The Kier molecular flexibility index (Phi) is 4.89. The van der Waals surface area contributed by atoms with Crippen molar-refractivity contribution in [2.24, 2.45) is 0 Å². The summed E-state index contributed by atoms with van der Waals surface area (Å²) in [6.45, 7) is 0.552. The van der Waals surface area contributed by atoms with Crippen LogP contribution in [0.1, 0.15) is 41.2 Å². The molecule has 0 bridgehead atoms. The van der Waals surface area contributed by atoms with E-state index in [-0.39, 0.29) is 36.4 Å². The van der Waals surface area contributed by atoms with Crippen molar-refractivity contribution < 1.29 is 18.7 Å². The highest BCUT2D eigenvalue weighted by molar-refractivity contribution is 5.97. The normalized spacial score (nSPS) is 16.0. The Morgan fingerprint density at radius 1 is 1.08 bits per heavy atom. The van der Waals surface area contributed by atoms with Gasteiger partial charge in [0.25, 0.3) is 0 Å². The lowest BCUT2D eigenvalue weighted by molar-refractivity contribution is -0.122. The molecule has 0 saturated heterocycles. The van der Waals surface area contributed by atoms with Crippen LogP contribution >= 0.6 is 0 Å². The third kappa shape index (κ3) is 3.79. The van der Waals surface area contributed by atoms with Gasteiger partial charge in [0.1, 0.15) is 11.6 Å². The number of hydrogen-bond acceptors (Lipinski definition) is 3. The number of ketones is 1. The summed E-state index contributed by atoms with van der Waals surface area (Å²) in [5.41, 5.74) is 1.38. The second kappa shape index (κ2) is 7.25. The maximum atomic E-state index is 12.9. The van der Waals surface area contributed by atoms with Crippen LogP contribution in [0.25, 0.3) is 0 Å². The molecule has 1 amide bonds. The van der Waals surface area contributed by atoms with E-state index in [4.69, 9.17) is 4.74 Å². The fraction of sp³-hybridized carbons (Fsp3) is 0.263. The highest BCUT2D eigenvalue weighted by Crippen LogP contribution is 2.31. The summed E-state index contributed by atoms with van der Waals surface area (Å²) < 4.78 is 18.4. The van der Waals surface area contributed by atoms with Gasteiger partial charge in [-0.05, 0) is 30.3 Å². The Morgan fingerprint density at radius 3 is 2.62 bits per heavy atom. The molecule has 0 spiro atoms. The third-order valence-corrected chi connectivity index (χ3v) is 4.04. The first kappa shape index (κ1) is 16.2. The minimum Gasteiger partial charge on any atom is -0.493 e. The highest BCUT2D eigenvalue weighted by Gasteiger charge is 2.22. The molecule has 0 fully saturated rings. The van der Waals surface area contributed by atoms with Gasteiger partial charge in [-0.15, -0.1) is 0 Å². The summed E-state index contributed by atoms with van der Waals surface area (Å²) in [7, 11) is 0. The molecule has 0 saturated carbocycles. The van der Waals surface area contributed by atoms with Gasteiger partial charge < -0.3 is 10.1 Å². The number of fused-ring (bicyclic) bond motifs is 1. The second-order valence-electron chi connectivity index (χ2n) is 5.73. The molecule has 1 N–H and O–H groups in total. The van der Waals surface area contributed by atoms with Gasteiger partial charge in [-0.1, -0.05) is 18.2 Å². The zero-order valence-electron chi connectivity index (χ0n) is 13.1. The number of nitrogens with one attached hydrogen (secondary N) is 1. The molecule has 0 radical (unpaired) electrons. The molecule has 2 aromatic rings. The van der Waals surface area contributed by atoms with Crippen molar-refractivity contribution in [1.82, 2.24) is 5.32 Å². The van der Waals surface area contributed by atoms with Crippen LogP contribution in [0.5, 0.6) is 5.75 Å². The summed E-state index contributed by atoms with van der Waals surface area (Å²) in [6.07, 6.45) is 0.909. The van der Waals surface area contributed by atoms with Crippen molar-refractivity contribution in [3.63, 3.8) is 0 Å². The Bertz CT molecular complexity index is 743. The van der Waals surface area contributed by atoms with Crippen LogP contribution in [0.15, 0.2) is 48.5 Å². The number of hydrogen-bond donors (Lipinski definition) is 1. The van der Waals surface area contributed by atoms with Crippen LogP contribution in [-0.4, -0.2) is 18.3 Å². The zero-order valence-corrected chi connectivity index (χ0v) is 13.1. The van der Waals surface area contributed by atoms with Crippen molar-refractivity contribution in [3.8, 4) is 5.75 Å². The van der Waals surface area contributed by atoms with Crippen LogP contribution in [0.4, 0.5) is 4.39 Å². The monoisotopic (exact) mass is 327 g/mol. The SMILES string of the molecule is O=C(CCC(=O)c1ccc(F)cc1)NC1CCOc2ccccc21. The molecule has 1 unspecified atom stereocenters. The largest absolute Gasteiger partial charge is 0.493 e. The van der Waals surface area contributed by atoms with Gasteiger partial charge >= 0.3 is 0 Å². The number of carbonyl (C=O) groups is 2. The quantitative estimate of drug-likeness (QED) is 0.856. The minimum absolute atomic E-state index is 0.0941. The summed E-state index contributed by atoms with van der Waals surface area (Å²) >= 11 is 0. The first-order chi connectivity index (χ1) is 11.6. The van der Waals surface area contributed by atoms with Gasteiger partial charge in [0.15, 0.2) is 5.78 Å². The highest BCUT2D eigenvalue weighted by atomic mass is 19.1. The third-order valence-electron chi connectivity index (χ3n) is 4.04. The fourth-order valence-corrected chi connectivity index (χ4v) is 2.77. The standard InChI is InChI=1S/C19H18FNO3/c20-14-7-5-13(6-8-14)17(22)9-10-19(23)21-16-11-12-24-18-4-2-1-3-15(16)18/h1-8,16H,9-12H2,(H,21,23). The van der Waals surface area contributed by atoms with Crippen LogP contribution in [0, 0.1) is 5.82 Å². The molecule has 1 atom stereocenters. The summed E-state index contributed by atoms with van der Waals surface area (Å²) in [6, 6.07) is 12.9. The van der Waals surface area contributed by atoms with E-state index >= 15 is 0 Å². The minimum atomic E-state index is -0.387. The van der Waals surface area contributed by atoms with Crippen molar-refractivity contribution in [3.05, 3.63) is 65.5 Å². The predicted molar refractivity (Wildman–Crippen MR) is 87.4 cm³/mol. The van der Waals surface area contributed by atoms with E-state index in [0.29, 0.717) is 18.6 Å². The van der Waals surface area contributed by atoms with Gasteiger partial charge in [0.05, 0.1) is 12.6 Å². The molecule has 24 heavy (non-hydrogen) atoms. The molecule has 0 aromatic heterocycles. The fourth-order valence-electron chi connectivity index (χ4n) is 2.77. The van der Waals surface area contributed by atoms with E-state index in [1.54, 1.807) is 0 Å². The lowest BCUT2D eigenvalue weighted by atomic mass is 10.00. The molecule has 124 valence electrons. The number of carbonyl (C=O) groups excluding carboxylic acids is 2. The molecule has 1 aliphatic heterocycles. The van der Waals surface area contributed by atoms with Gasteiger partial charge in [0, 0.05) is 30.4 Å². The van der Waals surface area contributed by atoms with Crippen LogP contribution in [-0.2, 0) is 4.79 Å². The van der Waals surface area contributed by atoms with E-state index < -0.39 is 0 Å². The molecule has 1 heterocycles. The van der Waals surface area contributed by atoms with Gasteiger partial charge in [-0.25, -0.2) is 4.39 Å². The number of benzene rings is 2. The van der Waals surface area contributed by atoms with Crippen LogP contribution in [0.3, 0.4) is 0 Å². The van der Waals surface area contributed by atoms with Crippen molar-refractivity contribution in [2.45, 2.75) is 25.3 Å². The van der Waals surface area contributed by atoms with E-state index in [1.165, 1.54) is 24.3 Å². The lowest BCUT2D eigenvalue weighted by Gasteiger charge is -2.26. The van der Waals surface area contributed by atoms with E-state index in [0.717, 1.165) is 11.3 Å². The van der Waals surface area contributed by atoms with Crippen molar-refractivity contribution >= 4 is 11.7 Å². The number of amides is 1. The average molecular weight is 327 g/mol. The number of Topliss-reactive ketones (excluding diaryl/α,β-unsaturated/α-hetero) is 1. The van der Waals surface area contributed by atoms with Gasteiger partial charge in [0.2, 0.25) is 5.91 Å². The van der Waals surface area contributed by atoms with Gasteiger partial charge in [-0.2, -0.15) is 0 Å². The molecule has 1 aliphatic rings. The first-order valence-corrected chi connectivity index (χ1v) is 7.93. The molecular weight excluding hydrogens is 309 g/mol. The molecule has 4 nitrogen and oxygen atoms in total. The zero-order chi connectivity index (χ0) is 16.9. The topological polar surface area (TPSA) is 55.4 Å². The first-order valence-electron chi connectivity index (χ1n) is 7.93. The number of rotatable bonds is 5. The summed E-state index contributed by atoms with van der Waals surface area (Å²) in [5.74, 6) is 0.0589. The number of halogens is 1. The Hall–Kier alpha value is -2.69. The Morgan fingerprint density at radius 2 is 1.83 bits per heavy atom. The summed E-state index contributed by atoms with van der Waals surface area (Å²) in [4.78, 5) is 24.2. The van der Waals surface area contributed by atoms with Crippen LogP contribution < -0.4 is 10.1 Å². The second-order valence-corrected chi connectivity index (χ2v) is 5.73. The van der Waals surface area contributed by atoms with E-state index in [1.807, 2.05) is 24.3 Å². The van der Waals surface area contributed by atoms with Crippen molar-refractivity contribution in [2.75, 3.05) is 6.61 Å². The van der Waals surface area contributed by atoms with E-state index in [2.05, 4.69) is 5.32 Å². The molecule has 3 rings (SSSR count). The number of ether oxygens (including phenoxy) is 1. The average Bonchev–Trinajstić information content (AvgIpc) is 2.61. The molecule has 0 aliphatic carbocycles. The summed E-state index contributed by atoms with van der Waals surface area (Å²) in [5, 5.41) is 2.96. The molecule has 2 aromatic carbocycles. The van der Waals surface area contributed by atoms with Crippen molar-refractivity contribution in [1.29, 1.82) is 0 Å². The maximum absolute atomic E-state index is 12.9. The Labute approximate surface area is 139 Å². The molecule has 5 heteroatoms. The lowest BCUT2D eigenvalue weighted by Crippen LogP contribution is -2.32. The maximum Gasteiger partial charge on any atom is 0.220 e. The Balaban J connectivity index is 1.55.